The maximum atomic E-state index is 12.6. The van der Waals surface area contributed by atoms with Gasteiger partial charge in [-0.15, -0.1) is 0 Å². The number of hydrogen-bond acceptors (Lipinski definition) is 5. The number of likely N-dealkylation sites (N-methyl/N-ethyl adjacent to an activating group) is 1. The van der Waals surface area contributed by atoms with E-state index in [1.54, 1.807) is 6.07 Å². The highest BCUT2D eigenvalue weighted by molar-refractivity contribution is 5.85. The topological polar surface area (TPSA) is 79.9 Å². The van der Waals surface area contributed by atoms with Gasteiger partial charge in [-0.1, -0.05) is 0 Å². The summed E-state index contributed by atoms with van der Waals surface area (Å²) >= 11 is 0. The quantitative estimate of drug-likeness (QED) is 0.771. The summed E-state index contributed by atoms with van der Waals surface area (Å²) in [4.78, 5) is 26.7. The molecule has 2 N–H and O–H groups in total. The molecule has 0 saturated carbocycles. The summed E-state index contributed by atoms with van der Waals surface area (Å²) < 4.78 is 11.4. The Bertz CT molecular complexity index is 753. The molecule has 0 bridgehead atoms. The minimum Gasteiger partial charge on any atom is -0.487 e. The van der Waals surface area contributed by atoms with E-state index in [9.17, 15) is 9.59 Å². The van der Waals surface area contributed by atoms with Crippen LogP contribution in [0, 0.1) is 0 Å². The van der Waals surface area contributed by atoms with Gasteiger partial charge in [0.25, 0.3) is 0 Å². The summed E-state index contributed by atoms with van der Waals surface area (Å²) in [5.41, 5.74) is 0.456. The fourth-order valence-corrected chi connectivity index (χ4v) is 3.13. The molecule has 0 saturated heterocycles. The maximum Gasteiger partial charge on any atom is 0.412 e. The molecule has 2 rings (SSSR count). The van der Waals surface area contributed by atoms with E-state index in [0.29, 0.717) is 24.4 Å². The van der Waals surface area contributed by atoms with Crippen LogP contribution in [0.25, 0.3) is 0 Å². The van der Waals surface area contributed by atoms with Crippen molar-refractivity contribution in [3.63, 3.8) is 0 Å². The smallest absolute Gasteiger partial charge is 0.412 e. The summed E-state index contributed by atoms with van der Waals surface area (Å²) in [7, 11) is 1.93. The summed E-state index contributed by atoms with van der Waals surface area (Å²) in [6.07, 6.45) is 0.112. The minimum atomic E-state index is -0.579. The summed E-state index contributed by atoms with van der Waals surface area (Å²) in [6.45, 7) is 13.9. The van der Waals surface area contributed by atoms with Crippen LogP contribution in [-0.2, 0) is 9.53 Å². The zero-order valence-electron chi connectivity index (χ0n) is 18.9. The molecule has 29 heavy (non-hydrogen) atoms. The molecule has 0 spiro atoms. The molecule has 0 radical (unpaired) electrons. The van der Waals surface area contributed by atoms with E-state index >= 15 is 0 Å². The second kappa shape index (κ2) is 8.61. The third-order valence-corrected chi connectivity index (χ3v) is 4.72. The van der Waals surface area contributed by atoms with Crippen molar-refractivity contribution < 1.29 is 19.1 Å². The van der Waals surface area contributed by atoms with Crippen molar-refractivity contribution in [2.24, 2.45) is 0 Å². The van der Waals surface area contributed by atoms with Gasteiger partial charge in [0, 0.05) is 23.7 Å². The van der Waals surface area contributed by atoms with Gasteiger partial charge in [0.2, 0.25) is 5.91 Å². The monoisotopic (exact) mass is 405 g/mol. The Hall–Kier alpha value is -2.28. The van der Waals surface area contributed by atoms with Gasteiger partial charge in [-0.25, -0.2) is 4.79 Å². The Labute approximate surface area is 174 Å². The van der Waals surface area contributed by atoms with E-state index in [2.05, 4.69) is 24.5 Å². The number of carbonyl (C=O) groups excluding carboxylic acids is 2. The van der Waals surface area contributed by atoms with Crippen LogP contribution in [0.4, 0.5) is 10.5 Å². The van der Waals surface area contributed by atoms with Gasteiger partial charge in [0.15, 0.2) is 0 Å². The molecule has 1 aromatic rings. The van der Waals surface area contributed by atoms with Crippen LogP contribution >= 0.6 is 0 Å². The molecule has 7 heteroatoms. The number of nitrogens with zero attached hydrogens (tertiary/aromatic N) is 1. The summed E-state index contributed by atoms with van der Waals surface area (Å²) in [6, 6.07) is 5.51. The average Bonchev–Trinajstić information content (AvgIpc) is 2.52. The molecule has 162 valence electrons. The molecule has 1 atom stereocenters. The van der Waals surface area contributed by atoms with E-state index < -0.39 is 17.3 Å². The number of hydrogen-bond donors (Lipinski definition) is 2. The lowest BCUT2D eigenvalue weighted by Crippen LogP contribution is -2.44. The highest BCUT2D eigenvalue weighted by Gasteiger charge is 2.35. The molecular weight excluding hydrogens is 370 g/mol. The number of rotatable bonds is 5. The first-order valence-electron chi connectivity index (χ1n) is 10.1. The first-order chi connectivity index (χ1) is 13.3. The van der Waals surface area contributed by atoms with Gasteiger partial charge in [-0.3, -0.25) is 15.0 Å². The molecule has 0 aromatic heterocycles. The van der Waals surface area contributed by atoms with Crippen molar-refractivity contribution in [3.05, 3.63) is 23.8 Å². The molecule has 7 nitrogen and oxygen atoms in total. The van der Waals surface area contributed by atoms with Crippen LogP contribution < -0.4 is 15.4 Å². The van der Waals surface area contributed by atoms with Crippen LogP contribution in [0.15, 0.2) is 18.2 Å². The number of fused-ring (bicyclic) bond motifs is 1. The Kier molecular flexibility index (Phi) is 6.83. The van der Waals surface area contributed by atoms with Crippen molar-refractivity contribution in [2.75, 3.05) is 18.9 Å². The van der Waals surface area contributed by atoms with Gasteiger partial charge >= 0.3 is 6.09 Å². The van der Waals surface area contributed by atoms with Gasteiger partial charge in [0.1, 0.15) is 17.0 Å². The molecule has 0 aliphatic carbocycles. The van der Waals surface area contributed by atoms with Crippen molar-refractivity contribution >= 4 is 17.7 Å². The number of nitrogens with one attached hydrogen (secondary N) is 2. The van der Waals surface area contributed by atoms with Crippen LogP contribution in [0.1, 0.15) is 66.5 Å². The zero-order valence-corrected chi connectivity index (χ0v) is 18.9. The van der Waals surface area contributed by atoms with Gasteiger partial charge < -0.3 is 14.8 Å². The third-order valence-electron chi connectivity index (χ3n) is 4.72. The lowest BCUT2D eigenvalue weighted by atomic mass is 9.89. The number of carbonyl (C=O) groups is 2. The largest absolute Gasteiger partial charge is 0.487 e. The first-order valence-corrected chi connectivity index (χ1v) is 10.1. The summed E-state index contributed by atoms with van der Waals surface area (Å²) in [5.74, 6) is 0.666. The summed E-state index contributed by atoms with van der Waals surface area (Å²) in [5, 5.41) is 5.88. The number of amides is 2. The van der Waals surface area contributed by atoms with Crippen molar-refractivity contribution in [1.29, 1.82) is 0 Å². The molecule has 1 aliphatic rings. The average molecular weight is 406 g/mol. The van der Waals surface area contributed by atoms with E-state index in [0.717, 1.165) is 5.56 Å². The zero-order chi connectivity index (χ0) is 22.0. The number of ether oxygens (including phenoxy) is 2. The van der Waals surface area contributed by atoms with E-state index in [-0.39, 0.29) is 18.0 Å². The van der Waals surface area contributed by atoms with E-state index in [1.165, 1.54) is 0 Å². The SMILES string of the molecule is CC(C)N(C)CC(=O)NC1CC(C)(C)Oc2ccc(NC(=O)OC(C)(C)C)cc21. The Morgan fingerprint density at radius 3 is 2.55 bits per heavy atom. The van der Waals surface area contributed by atoms with Crippen LogP contribution in [0.3, 0.4) is 0 Å². The molecule has 1 aliphatic heterocycles. The third kappa shape index (κ3) is 6.92. The van der Waals surface area contributed by atoms with Crippen molar-refractivity contribution in [1.82, 2.24) is 10.2 Å². The Morgan fingerprint density at radius 1 is 1.31 bits per heavy atom. The lowest BCUT2D eigenvalue weighted by Gasteiger charge is -2.38. The molecule has 1 unspecified atom stereocenters. The fraction of sp³-hybridized carbons (Fsp3) is 0.636. The molecule has 1 heterocycles. The van der Waals surface area contributed by atoms with Gasteiger partial charge in [-0.05, 0) is 73.7 Å². The molecule has 2 amide bonds. The lowest BCUT2D eigenvalue weighted by molar-refractivity contribution is -0.123. The number of benzene rings is 1. The highest BCUT2D eigenvalue weighted by Crippen LogP contribution is 2.40. The first kappa shape index (κ1) is 23.0. The molecular formula is C22H35N3O4. The van der Waals surface area contributed by atoms with Crippen molar-refractivity contribution in [2.45, 2.75) is 78.2 Å². The van der Waals surface area contributed by atoms with Gasteiger partial charge in [0.05, 0.1) is 12.6 Å². The normalized spacial score (nSPS) is 18.1. The van der Waals surface area contributed by atoms with Gasteiger partial charge in [-0.2, -0.15) is 0 Å². The van der Waals surface area contributed by atoms with E-state index in [1.807, 2.05) is 58.7 Å². The molecule has 1 aromatic carbocycles. The Balaban J connectivity index is 2.20. The molecule has 0 fully saturated rings. The van der Waals surface area contributed by atoms with Crippen LogP contribution in [0.2, 0.25) is 0 Å². The highest BCUT2D eigenvalue weighted by atomic mass is 16.6. The Morgan fingerprint density at radius 2 is 1.97 bits per heavy atom. The second-order valence-corrected chi connectivity index (χ2v) is 9.57. The standard InChI is InChI=1S/C22H35N3O4/c1-14(2)25(8)13-19(26)24-17-12-22(6,7)28-18-10-9-15(11-16(17)18)23-20(27)29-21(3,4)5/h9-11,14,17H,12-13H2,1-8H3,(H,23,27)(H,24,26). The van der Waals surface area contributed by atoms with E-state index in [4.69, 9.17) is 9.47 Å². The van der Waals surface area contributed by atoms with Crippen LogP contribution in [-0.4, -0.2) is 47.7 Å². The maximum absolute atomic E-state index is 12.6. The predicted molar refractivity (Wildman–Crippen MR) is 114 cm³/mol. The van der Waals surface area contributed by atoms with Crippen LogP contribution in [0.5, 0.6) is 5.75 Å². The fourth-order valence-electron chi connectivity index (χ4n) is 3.13. The predicted octanol–water partition coefficient (Wildman–Crippen LogP) is 4.09. The second-order valence-electron chi connectivity index (χ2n) is 9.57. The minimum absolute atomic E-state index is 0.0413. The number of anilines is 1. The van der Waals surface area contributed by atoms with Crippen molar-refractivity contribution in [3.8, 4) is 5.75 Å².